The van der Waals surface area contributed by atoms with Gasteiger partial charge in [0.05, 0.1) is 6.61 Å². The molecule has 0 amide bonds. The highest BCUT2D eigenvalue weighted by atomic mass is 16.5. The Morgan fingerprint density at radius 1 is 1.38 bits per heavy atom. The predicted molar refractivity (Wildman–Crippen MR) is 49.5 cm³/mol. The fourth-order valence-electron chi connectivity index (χ4n) is 1.74. The van der Waals surface area contributed by atoms with Gasteiger partial charge in [-0.05, 0) is 18.8 Å². The molecule has 1 fully saturated rings. The lowest BCUT2D eigenvalue weighted by Gasteiger charge is -2.09. The highest BCUT2D eigenvalue weighted by molar-refractivity contribution is 5.04. The first-order valence-electron chi connectivity index (χ1n) is 4.84. The molecule has 1 heterocycles. The molecule has 1 aromatic rings. The van der Waals surface area contributed by atoms with Crippen LogP contribution in [-0.2, 0) is 0 Å². The predicted octanol–water partition coefficient (Wildman–Crippen LogP) is 2.05. The van der Waals surface area contributed by atoms with E-state index in [1.807, 2.05) is 0 Å². The van der Waals surface area contributed by atoms with E-state index in [0.717, 1.165) is 12.5 Å². The van der Waals surface area contributed by atoms with Crippen molar-refractivity contribution in [1.29, 1.82) is 0 Å². The van der Waals surface area contributed by atoms with Crippen molar-refractivity contribution in [2.24, 2.45) is 5.92 Å². The van der Waals surface area contributed by atoms with E-state index in [1.54, 1.807) is 12.3 Å². The zero-order valence-electron chi connectivity index (χ0n) is 7.65. The number of hydrogen-bond donors (Lipinski definition) is 0. The molecule has 13 heavy (non-hydrogen) atoms. The van der Waals surface area contributed by atoms with Gasteiger partial charge in [0.15, 0.2) is 0 Å². The number of aromatic nitrogens is 2. The molecule has 1 aliphatic rings. The minimum Gasteiger partial charge on any atom is -0.477 e. The Morgan fingerprint density at radius 2 is 2.23 bits per heavy atom. The summed E-state index contributed by atoms with van der Waals surface area (Å²) in [5.74, 6) is 1.44. The van der Waals surface area contributed by atoms with E-state index < -0.39 is 0 Å². The average molecular weight is 178 g/mol. The first kappa shape index (κ1) is 8.48. The quantitative estimate of drug-likeness (QED) is 0.710. The zero-order chi connectivity index (χ0) is 8.93. The van der Waals surface area contributed by atoms with Gasteiger partial charge in [-0.25, -0.2) is 9.97 Å². The zero-order valence-corrected chi connectivity index (χ0v) is 7.65. The second kappa shape index (κ2) is 4.21. The van der Waals surface area contributed by atoms with Crippen LogP contribution in [0.5, 0.6) is 5.88 Å². The molecule has 3 nitrogen and oxygen atoms in total. The molecule has 1 aromatic heterocycles. The van der Waals surface area contributed by atoms with Gasteiger partial charge in [0.2, 0.25) is 5.88 Å². The van der Waals surface area contributed by atoms with E-state index in [1.165, 1.54) is 32.0 Å². The Bertz CT molecular complexity index is 244. The Labute approximate surface area is 78.2 Å². The number of ether oxygens (including phenoxy) is 1. The van der Waals surface area contributed by atoms with Crippen molar-refractivity contribution in [1.82, 2.24) is 9.97 Å². The maximum absolute atomic E-state index is 5.54. The van der Waals surface area contributed by atoms with Crippen molar-refractivity contribution < 1.29 is 4.74 Å². The van der Waals surface area contributed by atoms with Crippen LogP contribution in [0.1, 0.15) is 25.7 Å². The van der Waals surface area contributed by atoms with Gasteiger partial charge in [-0.2, -0.15) is 0 Å². The van der Waals surface area contributed by atoms with Crippen LogP contribution in [0.3, 0.4) is 0 Å². The summed E-state index contributed by atoms with van der Waals surface area (Å²) in [5.41, 5.74) is 0. The van der Waals surface area contributed by atoms with Crippen molar-refractivity contribution in [2.45, 2.75) is 25.7 Å². The van der Waals surface area contributed by atoms with Crippen molar-refractivity contribution >= 4 is 0 Å². The summed E-state index contributed by atoms with van der Waals surface area (Å²) < 4.78 is 5.54. The smallest absolute Gasteiger partial charge is 0.216 e. The summed E-state index contributed by atoms with van der Waals surface area (Å²) in [6, 6.07) is 1.80. The van der Waals surface area contributed by atoms with Gasteiger partial charge < -0.3 is 4.74 Å². The number of hydrogen-bond acceptors (Lipinski definition) is 3. The minimum atomic E-state index is 0.696. The Balaban J connectivity index is 1.79. The monoisotopic (exact) mass is 178 g/mol. The van der Waals surface area contributed by atoms with E-state index in [4.69, 9.17) is 4.74 Å². The summed E-state index contributed by atoms with van der Waals surface area (Å²) in [5, 5.41) is 0. The summed E-state index contributed by atoms with van der Waals surface area (Å²) in [6.45, 7) is 0.816. The largest absolute Gasteiger partial charge is 0.477 e. The molecule has 3 heteroatoms. The van der Waals surface area contributed by atoms with Gasteiger partial charge in [-0.3, -0.25) is 0 Å². The summed E-state index contributed by atoms with van der Waals surface area (Å²) in [6.07, 6.45) is 8.56. The van der Waals surface area contributed by atoms with Crippen LogP contribution in [0.15, 0.2) is 18.6 Å². The van der Waals surface area contributed by atoms with Crippen LogP contribution in [0.2, 0.25) is 0 Å². The molecule has 2 rings (SSSR count). The SMILES string of the molecule is c1cc(OCC2CCCC2)ncn1. The number of nitrogens with zero attached hydrogens (tertiary/aromatic N) is 2. The van der Waals surface area contributed by atoms with Gasteiger partial charge >= 0.3 is 0 Å². The lowest BCUT2D eigenvalue weighted by molar-refractivity contribution is 0.243. The van der Waals surface area contributed by atoms with Crippen LogP contribution in [0.25, 0.3) is 0 Å². The molecule has 1 saturated carbocycles. The molecule has 70 valence electrons. The minimum absolute atomic E-state index is 0.696. The Kier molecular flexibility index (Phi) is 2.75. The molecule has 0 N–H and O–H groups in total. The second-order valence-electron chi connectivity index (χ2n) is 3.51. The van der Waals surface area contributed by atoms with E-state index in [-0.39, 0.29) is 0 Å². The third kappa shape index (κ3) is 2.41. The Morgan fingerprint density at radius 3 is 2.92 bits per heavy atom. The van der Waals surface area contributed by atoms with Gasteiger partial charge in [-0.15, -0.1) is 0 Å². The lowest BCUT2D eigenvalue weighted by Crippen LogP contribution is -2.08. The van der Waals surface area contributed by atoms with E-state index in [2.05, 4.69) is 9.97 Å². The number of rotatable bonds is 3. The lowest BCUT2D eigenvalue weighted by atomic mass is 10.1. The first-order chi connectivity index (χ1) is 6.45. The van der Waals surface area contributed by atoms with E-state index >= 15 is 0 Å². The molecule has 0 atom stereocenters. The molecule has 0 bridgehead atoms. The molecule has 0 aliphatic heterocycles. The normalized spacial score (nSPS) is 17.5. The molecule has 0 radical (unpaired) electrons. The van der Waals surface area contributed by atoms with Gasteiger partial charge in [0, 0.05) is 12.3 Å². The molecule has 0 spiro atoms. The highest BCUT2D eigenvalue weighted by Crippen LogP contribution is 2.24. The topological polar surface area (TPSA) is 35.0 Å². The Hall–Kier alpha value is -1.12. The highest BCUT2D eigenvalue weighted by Gasteiger charge is 2.15. The van der Waals surface area contributed by atoms with Crippen LogP contribution >= 0.6 is 0 Å². The molecular weight excluding hydrogens is 164 g/mol. The standard InChI is InChI=1S/C10H14N2O/c1-2-4-9(3-1)7-13-10-5-6-11-8-12-10/h5-6,8-9H,1-4,7H2. The van der Waals surface area contributed by atoms with Gasteiger partial charge in [0.1, 0.15) is 6.33 Å². The van der Waals surface area contributed by atoms with Crippen molar-refractivity contribution in [3.8, 4) is 5.88 Å². The van der Waals surface area contributed by atoms with E-state index in [9.17, 15) is 0 Å². The van der Waals surface area contributed by atoms with Crippen LogP contribution in [-0.4, -0.2) is 16.6 Å². The third-order valence-electron chi connectivity index (χ3n) is 2.50. The third-order valence-corrected chi connectivity index (χ3v) is 2.50. The van der Waals surface area contributed by atoms with Crippen molar-refractivity contribution in [3.63, 3.8) is 0 Å². The van der Waals surface area contributed by atoms with Crippen molar-refractivity contribution in [3.05, 3.63) is 18.6 Å². The van der Waals surface area contributed by atoms with Crippen LogP contribution in [0, 0.1) is 5.92 Å². The molecule has 1 aliphatic carbocycles. The van der Waals surface area contributed by atoms with Crippen LogP contribution in [0.4, 0.5) is 0 Å². The summed E-state index contributed by atoms with van der Waals surface area (Å²) in [4.78, 5) is 7.84. The molecule has 0 saturated heterocycles. The van der Waals surface area contributed by atoms with E-state index in [0.29, 0.717) is 5.88 Å². The maximum Gasteiger partial charge on any atom is 0.216 e. The molecular formula is C10H14N2O. The molecule has 0 unspecified atom stereocenters. The van der Waals surface area contributed by atoms with Crippen LogP contribution < -0.4 is 4.74 Å². The summed E-state index contributed by atoms with van der Waals surface area (Å²) >= 11 is 0. The van der Waals surface area contributed by atoms with Gasteiger partial charge in [0.25, 0.3) is 0 Å². The fraction of sp³-hybridized carbons (Fsp3) is 0.600. The maximum atomic E-state index is 5.54. The van der Waals surface area contributed by atoms with Gasteiger partial charge in [-0.1, -0.05) is 12.8 Å². The fourth-order valence-corrected chi connectivity index (χ4v) is 1.74. The van der Waals surface area contributed by atoms with Crippen molar-refractivity contribution in [2.75, 3.05) is 6.61 Å². The molecule has 0 aromatic carbocycles. The average Bonchev–Trinajstić information content (AvgIpc) is 2.69. The summed E-state index contributed by atoms with van der Waals surface area (Å²) in [7, 11) is 0. The second-order valence-corrected chi connectivity index (χ2v) is 3.51. The first-order valence-corrected chi connectivity index (χ1v) is 4.84.